The van der Waals surface area contributed by atoms with E-state index in [4.69, 9.17) is 16.6 Å². The Morgan fingerprint density at radius 1 is 1.38 bits per heavy atom. The monoisotopic (exact) mass is 232 g/mol. The van der Waals surface area contributed by atoms with Gasteiger partial charge in [-0.2, -0.15) is 0 Å². The van der Waals surface area contributed by atoms with E-state index >= 15 is 0 Å². The zero-order valence-electron chi connectivity index (χ0n) is 8.61. The molecule has 5 nitrogen and oxygen atoms in total. The van der Waals surface area contributed by atoms with Crippen molar-refractivity contribution >= 4 is 17.3 Å². The van der Waals surface area contributed by atoms with Crippen molar-refractivity contribution in [2.45, 2.75) is 6.43 Å². The summed E-state index contributed by atoms with van der Waals surface area (Å²) in [5.41, 5.74) is 11.2. The SMILES string of the molecule is Nc1ccc(N(CCO)CC(F)F)nc1N. The van der Waals surface area contributed by atoms with Crippen molar-refractivity contribution < 1.29 is 13.9 Å². The normalized spacial score (nSPS) is 10.8. The minimum absolute atomic E-state index is 0.0701. The standard InChI is InChI=1S/C9H14F2N4O/c10-7(11)5-15(3-4-16)8-2-1-6(12)9(13)14-8/h1-2,7,16H,3-5,12H2,(H2,13,14). The van der Waals surface area contributed by atoms with Crippen LogP contribution < -0.4 is 16.4 Å². The van der Waals surface area contributed by atoms with Gasteiger partial charge in [-0.15, -0.1) is 0 Å². The zero-order chi connectivity index (χ0) is 12.1. The second-order valence-electron chi connectivity index (χ2n) is 3.20. The van der Waals surface area contributed by atoms with Crippen molar-refractivity contribution in [2.75, 3.05) is 36.1 Å². The number of aliphatic hydroxyl groups is 1. The van der Waals surface area contributed by atoms with Crippen molar-refractivity contribution in [3.8, 4) is 0 Å². The first kappa shape index (κ1) is 12.4. The number of halogens is 2. The first-order valence-electron chi connectivity index (χ1n) is 4.70. The lowest BCUT2D eigenvalue weighted by Crippen LogP contribution is -2.32. The highest BCUT2D eigenvalue weighted by Crippen LogP contribution is 2.18. The lowest BCUT2D eigenvalue weighted by Gasteiger charge is -2.22. The van der Waals surface area contributed by atoms with Gasteiger partial charge < -0.3 is 21.5 Å². The number of nitrogen functional groups attached to an aromatic ring is 2. The fourth-order valence-corrected chi connectivity index (χ4v) is 1.24. The Morgan fingerprint density at radius 3 is 2.56 bits per heavy atom. The molecular formula is C9H14F2N4O. The lowest BCUT2D eigenvalue weighted by molar-refractivity contribution is 0.152. The average molecular weight is 232 g/mol. The fraction of sp³-hybridized carbons (Fsp3) is 0.444. The third kappa shape index (κ3) is 3.20. The van der Waals surface area contributed by atoms with E-state index in [1.165, 1.54) is 17.0 Å². The molecule has 0 radical (unpaired) electrons. The predicted octanol–water partition coefficient (Wildman–Crippen LogP) is 0.310. The third-order valence-electron chi connectivity index (χ3n) is 2.00. The first-order valence-corrected chi connectivity index (χ1v) is 4.70. The highest BCUT2D eigenvalue weighted by Gasteiger charge is 2.14. The molecule has 1 rings (SSSR count). The Hall–Kier alpha value is -1.63. The molecule has 0 aliphatic carbocycles. The average Bonchev–Trinajstić information content (AvgIpc) is 2.21. The quantitative estimate of drug-likeness (QED) is 0.680. The molecule has 1 aromatic rings. The Kier molecular flexibility index (Phi) is 4.24. The number of hydrogen-bond donors (Lipinski definition) is 3. The molecule has 0 aliphatic heterocycles. The Morgan fingerprint density at radius 2 is 2.06 bits per heavy atom. The molecular weight excluding hydrogens is 218 g/mol. The van der Waals surface area contributed by atoms with E-state index < -0.39 is 13.0 Å². The van der Waals surface area contributed by atoms with E-state index in [0.717, 1.165) is 0 Å². The van der Waals surface area contributed by atoms with Gasteiger partial charge in [0, 0.05) is 6.54 Å². The molecule has 0 fully saturated rings. The van der Waals surface area contributed by atoms with Gasteiger partial charge in [-0.3, -0.25) is 0 Å². The van der Waals surface area contributed by atoms with Gasteiger partial charge in [-0.1, -0.05) is 0 Å². The number of pyridine rings is 1. The van der Waals surface area contributed by atoms with Gasteiger partial charge in [0.15, 0.2) is 0 Å². The largest absolute Gasteiger partial charge is 0.396 e. The molecule has 0 amide bonds. The van der Waals surface area contributed by atoms with E-state index in [9.17, 15) is 8.78 Å². The number of alkyl halides is 2. The van der Waals surface area contributed by atoms with Gasteiger partial charge in [0.2, 0.25) is 0 Å². The van der Waals surface area contributed by atoms with E-state index in [-0.39, 0.29) is 24.8 Å². The lowest BCUT2D eigenvalue weighted by atomic mass is 10.3. The highest BCUT2D eigenvalue weighted by molar-refractivity contribution is 5.62. The van der Waals surface area contributed by atoms with Gasteiger partial charge >= 0.3 is 0 Å². The van der Waals surface area contributed by atoms with Gasteiger partial charge in [0.05, 0.1) is 18.8 Å². The summed E-state index contributed by atoms with van der Waals surface area (Å²) in [5.74, 6) is 0.371. The van der Waals surface area contributed by atoms with E-state index in [0.29, 0.717) is 5.69 Å². The number of rotatable bonds is 5. The number of nitrogens with two attached hydrogens (primary N) is 2. The summed E-state index contributed by atoms with van der Waals surface area (Å²) in [6, 6.07) is 2.98. The summed E-state index contributed by atoms with van der Waals surface area (Å²) in [6.45, 7) is -0.670. The molecule has 16 heavy (non-hydrogen) atoms. The van der Waals surface area contributed by atoms with Crippen LogP contribution in [0, 0.1) is 0 Å². The van der Waals surface area contributed by atoms with Crippen molar-refractivity contribution in [2.24, 2.45) is 0 Å². The zero-order valence-corrected chi connectivity index (χ0v) is 8.61. The summed E-state index contributed by atoms with van der Waals surface area (Å²) < 4.78 is 24.5. The van der Waals surface area contributed by atoms with Crippen molar-refractivity contribution in [1.82, 2.24) is 4.98 Å². The van der Waals surface area contributed by atoms with Gasteiger partial charge in [-0.25, -0.2) is 13.8 Å². The van der Waals surface area contributed by atoms with Crippen molar-refractivity contribution in [3.63, 3.8) is 0 Å². The second kappa shape index (κ2) is 5.45. The molecule has 0 aromatic carbocycles. The van der Waals surface area contributed by atoms with Crippen molar-refractivity contribution in [3.05, 3.63) is 12.1 Å². The van der Waals surface area contributed by atoms with Crippen LogP contribution in [0.25, 0.3) is 0 Å². The maximum atomic E-state index is 12.3. The second-order valence-corrected chi connectivity index (χ2v) is 3.20. The molecule has 7 heteroatoms. The molecule has 0 spiro atoms. The molecule has 0 saturated heterocycles. The smallest absolute Gasteiger partial charge is 0.255 e. The van der Waals surface area contributed by atoms with Crippen LogP contribution >= 0.6 is 0 Å². The van der Waals surface area contributed by atoms with E-state index in [2.05, 4.69) is 4.98 Å². The summed E-state index contributed by atoms with van der Waals surface area (Å²) in [4.78, 5) is 5.13. The Balaban J connectivity index is 2.87. The minimum Gasteiger partial charge on any atom is -0.396 e. The topological polar surface area (TPSA) is 88.4 Å². The Bertz CT molecular complexity index is 348. The van der Waals surface area contributed by atoms with Crippen LogP contribution in [-0.2, 0) is 0 Å². The van der Waals surface area contributed by atoms with Gasteiger partial charge in [-0.05, 0) is 12.1 Å². The Labute approximate surface area is 91.7 Å². The molecule has 0 atom stereocenters. The van der Waals surface area contributed by atoms with Gasteiger partial charge in [0.1, 0.15) is 11.6 Å². The number of hydrogen-bond acceptors (Lipinski definition) is 5. The van der Waals surface area contributed by atoms with Crippen LogP contribution in [0.15, 0.2) is 12.1 Å². The van der Waals surface area contributed by atoms with Crippen LogP contribution in [0.2, 0.25) is 0 Å². The minimum atomic E-state index is -2.51. The van der Waals surface area contributed by atoms with Crippen LogP contribution in [0.5, 0.6) is 0 Å². The predicted molar refractivity (Wildman–Crippen MR) is 58.4 cm³/mol. The van der Waals surface area contributed by atoms with E-state index in [1.807, 2.05) is 0 Å². The summed E-state index contributed by atoms with van der Waals surface area (Å²) in [5, 5.41) is 8.76. The molecule has 5 N–H and O–H groups in total. The molecule has 90 valence electrons. The van der Waals surface area contributed by atoms with Crippen molar-refractivity contribution in [1.29, 1.82) is 0 Å². The van der Waals surface area contributed by atoms with Crippen LogP contribution in [-0.4, -0.2) is 36.2 Å². The maximum Gasteiger partial charge on any atom is 0.255 e. The van der Waals surface area contributed by atoms with Gasteiger partial charge in [0.25, 0.3) is 6.43 Å². The van der Waals surface area contributed by atoms with Crippen LogP contribution in [0.3, 0.4) is 0 Å². The van der Waals surface area contributed by atoms with Crippen LogP contribution in [0.4, 0.5) is 26.1 Å². The molecule has 0 bridgehead atoms. The number of anilines is 3. The molecule has 1 aromatic heterocycles. The number of nitrogens with zero attached hydrogens (tertiary/aromatic N) is 2. The maximum absolute atomic E-state index is 12.3. The van der Waals surface area contributed by atoms with Crippen LogP contribution in [0.1, 0.15) is 0 Å². The summed E-state index contributed by atoms with van der Waals surface area (Å²) >= 11 is 0. The molecule has 1 heterocycles. The summed E-state index contributed by atoms with van der Waals surface area (Å²) in [7, 11) is 0. The number of aromatic nitrogens is 1. The molecule has 0 saturated carbocycles. The third-order valence-corrected chi connectivity index (χ3v) is 2.00. The fourth-order valence-electron chi connectivity index (χ4n) is 1.24. The number of aliphatic hydroxyl groups excluding tert-OH is 1. The van der Waals surface area contributed by atoms with E-state index in [1.54, 1.807) is 0 Å². The highest BCUT2D eigenvalue weighted by atomic mass is 19.3. The molecule has 0 unspecified atom stereocenters. The first-order chi connectivity index (χ1) is 7.54. The summed E-state index contributed by atoms with van der Waals surface area (Å²) in [6.07, 6.45) is -2.51. The molecule has 0 aliphatic rings.